The molecule has 2 aromatic rings. The fraction of sp³-hybridized carbons (Fsp3) is 0.400. The van der Waals surface area contributed by atoms with Crippen LogP contribution in [0.15, 0.2) is 42.5 Å². The summed E-state index contributed by atoms with van der Waals surface area (Å²) in [5.41, 5.74) is 1.68. The van der Waals surface area contributed by atoms with Gasteiger partial charge in [0.05, 0.1) is 18.4 Å². The zero-order valence-electron chi connectivity index (χ0n) is 18.0. The van der Waals surface area contributed by atoms with E-state index in [4.69, 9.17) is 14.2 Å². The molecule has 172 valence electrons. The highest BCUT2D eigenvalue weighted by Crippen LogP contribution is 2.39. The van der Waals surface area contributed by atoms with E-state index in [1.54, 1.807) is 0 Å². The zero-order valence-corrected chi connectivity index (χ0v) is 18.0. The minimum absolute atomic E-state index is 0.146. The molecule has 2 fully saturated rings. The number of esters is 1. The molecule has 0 spiro atoms. The van der Waals surface area contributed by atoms with Crippen LogP contribution in [-0.4, -0.2) is 29.2 Å². The van der Waals surface area contributed by atoms with Gasteiger partial charge in [0.2, 0.25) is 18.1 Å². The van der Waals surface area contributed by atoms with Crippen LogP contribution in [0.2, 0.25) is 0 Å². The van der Waals surface area contributed by atoms with Gasteiger partial charge in [0.15, 0.2) is 0 Å². The second kappa shape index (κ2) is 8.94. The Morgan fingerprint density at radius 3 is 2.45 bits per heavy atom. The first-order valence-corrected chi connectivity index (χ1v) is 11.2. The summed E-state index contributed by atoms with van der Waals surface area (Å²) < 4.78 is 31.2. The molecule has 1 saturated carbocycles. The molecule has 2 amide bonds. The number of likely N-dealkylation sites (tertiary alicyclic amines) is 1. The van der Waals surface area contributed by atoms with Gasteiger partial charge in [0.25, 0.3) is 0 Å². The van der Waals surface area contributed by atoms with Crippen LogP contribution in [0.25, 0.3) is 0 Å². The average molecular weight is 453 g/mol. The molecule has 0 N–H and O–H groups in total. The van der Waals surface area contributed by atoms with Crippen LogP contribution >= 0.6 is 0 Å². The number of carbonyl (C=O) groups is 3. The van der Waals surface area contributed by atoms with E-state index < -0.39 is 24.6 Å². The SMILES string of the molecule is O=C(CN1C(=O)[C@H]2CCCC[C@H]2C1=O)OCc1cc(F)cc2c1O[C@@H](c1ccccc1)OC2. The van der Waals surface area contributed by atoms with Crippen molar-refractivity contribution >= 4 is 17.8 Å². The van der Waals surface area contributed by atoms with Crippen molar-refractivity contribution in [3.8, 4) is 5.75 Å². The van der Waals surface area contributed by atoms with Crippen LogP contribution in [-0.2, 0) is 37.1 Å². The maximum atomic E-state index is 14.2. The van der Waals surface area contributed by atoms with Crippen LogP contribution < -0.4 is 4.74 Å². The number of ether oxygens (including phenoxy) is 3. The standard InChI is InChI=1S/C25H24FNO6/c26-18-10-16(22-17(11-18)14-32-25(33-22)15-6-2-1-3-7-15)13-31-21(28)12-27-23(29)19-8-4-5-9-20(19)24(27)30/h1-3,6-7,10-11,19-20,25H,4-5,8-9,12-14H2/t19-,20+,25-/m0/s1. The van der Waals surface area contributed by atoms with Crippen molar-refractivity contribution in [3.05, 3.63) is 65.0 Å². The summed E-state index contributed by atoms with van der Waals surface area (Å²) in [6, 6.07) is 11.9. The fourth-order valence-corrected chi connectivity index (χ4v) is 4.88. The second-order valence-corrected chi connectivity index (χ2v) is 8.65. The molecule has 2 aromatic carbocycles. The molecular formula is C25H24FNO6. The third-order valence-corrected chi connectivity index (χ3v) is 6.50. The van der Waals surface area contributed by atoms with Gasteiger partial charge in [-0.05, 0) is 25.0 Å². The Hall–Kier alpha value is -3.26. The quantitative estimate of drug-likeness (QED) is 0.508. The maximum absolute atomic E-state index is 14.2. The number of nitrogens with zero attached hydrogens (tertiary/aromatic N) is 1. The first kappa shape index (κ1) is 21.6. The molecule has 2 aliphatic heterocycles. The van der Waals surface area contributed by atoms with Gasteiger partial charge in [0.1, 0.15) is 24.7 Å². The summed E-state index contributed by atoms with van der Waals surface area (Å²) in [4.78, 5) is 38.7. The van der Waals surface area contributed by atoms with Crippen molar-refractivity contribution < 1.29 is 33.0 Å². The van der Waals surface area contributed by atoms with E-state index in [9.17, 15) is 18.8 Å². The molecule has 7 nitrogen and oxygen atoms in total. The van der Waals surface area contributed by atoms with Gasteiger partial charge in [-0.2, -0.15) is 0 Å². The molecule has 1 saturated heterocycles. The van der Waals surface area contributed by atoms with Gasteiger partial charge in [-0.3, -0.25) is 19.3 Å². The van der Waals surface area contributed by atoms with Gasteiger partial charge in [-0.25, -0.2) is 4.39 Å². The van der Waals surface area contributed by atoms with Crippen molar-refractivity contribution in [2.75, 3.05) is 6.54 Å². The molecule has 0 bridgehead atoms. The molecule has 3 atom stereocenters. The molecule has 0 radical (unpaired) electrons. The predicted molar refractivity (Wildman–Crippen MR) is 113 cm³/mol. The van der Waals surface area contributed by atoms with E-state index in [0.717, 1.165) is 23.3 Å². The summed E-state index contributed by atoms with van der Waals surface area (Å²) in [5.74, 6) is -2.05. The van der Waals surface area contributed by atoms with Crippen LogP contribution in [0, 0.1) is 17.7 Å². The highest BCUT2D eigenvalue weighted by Gasteiger charge is 2.48. The molecule has 33 heavy (non-hydrogen) atoms. The number of imide groups is 1. The molecule has 3 aliphatic rings. The highest BCUT2D eigenvalue weighted by molar-refractivity contribution is 6.07. The summed E-state index contributed by atoms with van der Waals surface area (Å²) in [7, 11) is 0. The molecule has 2 heterocycles. The molecule has 1 aliphatic carbocycles. The lowest BCUT2D eigenvalue weighted by Crippen LogP contribution is -2.36. The van der Waals surface area contributed by atoms with Crippen LogP contribution in [0.1, 0.15) is 48.7 Å². The summed E-state index contributed by atoms with van der Waals surface area (Å²) in [6.07, 6.45) is 2.52. The molecule has 0 unspecified atom stereocenters. The van der Waals surface area contributed by atoms with Gasteiger partial charge >= 0.3 is 5.97 Å². The lowest BCUT2D eigenvalue weighted by molar-refractivity contribution is -0.154. The number of hydrogen-bond donors (Lipinski definition) is 0. The number of carbonyl (C=O) groups excluding carboxylic acids is 3. The fourth-order valence-electron chi connectivity index (χ4n) is 4.88. The number of benzene rings is 2. The smallest absolute Gasteiger partial charge is 0.326 e. The molecule has 0 aromatic heterocycles. The van der Waals surface area contributed by atoms with Crippen LogP contribution in [0.3, 0.4) is 0 Å². The largest absolute Gasteiger partial charge is 0.460 e. The molecule has 8 heteroatoms. The summed E-state index contributed by atoms with van der Waals surface area (Å²) in [5, 5.41) is 0. The highest BCUT2D eigenvalue weighted by atomic mass is 19.1. The Morgan fingerprint density at radius 2 is 1.76 bits per heavy atom. The van der Waals surface area contributed by atoms with Crippen molar-refractivity contribution in [1.29, 1.82) is 0 Å². The third-order valence-electron chi connectivity index (χ3n) is 6.50. The minimum Gasteiger partial charge on any atom is -0.460 e. The number of rotatable bonds is 5. The number of hydrogen-bond acceptors (Lipinski definition) is 6. The number of fused-ring (bicyclic) bond motifs is 2. The van der Waals surface area contributed by atoms with E-state index in [-0.39, 0.29) is 36.9 Å². The monoisotopic (exact) mass is 453 g/mol. The Bertz CT molecular complexity index is 1060. The van der Waals surface area contributed by atoms with Gasteiger partial charge in [0, 0.05) is 16.7 Å². The zero-order chi connectivity index (χ0) is 22.9. The first-order chi connectivity index (χ1) is 16.0. The van der Waals surface area contributed by atoms with Crippen LogP contribution in [0.5, 0.6) is 5.75 Å². The third kappa shape index (κ3) is 4.23. The maximum Gasteiger partial charge on any atom is 0.326 e. The predicted octanol–water partition coefficient (Wildman–Crippen LogP) is 3.65. The Labute approximate surface area is 190 Å². The van der Waals surface area contributed by atoms with E-state index >= 15 is 0 Å². The molecule has 5 rings (SSSR count). The van der Waals surface area contributed by atoms with E-state index in [0.29, 0.717) is 29.7 Å². The minimum atomic E-state index is -0.722. The average Bonchev–Trinajstić information content (AvgIpc) is 3.07. The summed E-state index contributed by atoms with van der Waals surface area (Å²) >= 11 is 0. The first-order valence-electron chi connectivity index (χ1n) is 11.2. The van der Waals surface area contributed by atoms with Crippen molar-refractivity contribution in [2.24, 2.45) is 11.8 Å². The van der Waals surface area contributed by atoms with Gasteiger partial charge < -0.3 is 14.2 Å². The van der Waals surface area contributed by atoms with Crippen molar-refractivity contribution in [3.63, 3.8) is 0 Å². The number of amides is 2. The summed E-state index contributed by atoms with van der Waals surface area (Å²) in [6.45, 7) is -0.532. The van der Waals surface area contributed by atoms with Gasteiger partial charge in [-0.15, -0.1) is 0 Å². The molecular weight excluding hydrogens is 429 g/mol. The van der Waals surface area contributed by atoms with Gasteiger partial charge in [-0.1, -0.05) is 43.2 Å². The Balaban J connectivity index is 1.27. The van der Waals surface area contributed by atoms with Crippen molar-refractivity contribution in [2.45, 2.75) is 45.2 Å². The lowest BCUT2D eigenvalue weighted by atomic mass is 9.81. The van der Waals surface area contributed by atoms with E-state index in [2.05, 4.69) is 0 Å². The second-order valence-electron chi connectivity index (χ2n) is 8.65. The van der Waals surface area contributed by atoms with Crippen LogP contribution in [0.4, 0.5) is 4.39 Å². The van der Waals surface area contributed by atoms with E-state index in [1.807, 2.05) is 30.3 Å². The van der Waals surface area contributed by atoms with Crippen molar-refractivity contribution in [1.82, 2.24) is 4.90 Å². The normalized spacial score (nSPS) is 24.2. The lowest BCUT2D eigenvalue weighted by Gasteiger charge is -2.28. The number of halogens is 1. The Morgan fingerprint density at radius 1 is 1.06 bits per heavy atom. The van der Waals surface area contributed by atoms with E-state index in [1.165, 1.54) is 12.1 Å². The topological polar surface area (TPSA) is 82.1 Å². The Kier molecular flexibility index (Phi) is 5.85.